The molecule has 1 aliphatic heterocycles. The summed E-state index contributed by atoms with van der Waals surface area (Å²) in [5.41, 5.74) is 0. The molecule has 0 aliphatic carbocycles. The minimum Gasteiger partial charge on any atom is -0.260 e. The number of carbonyl (C=O) groups excluding carboxylic acids is 1. The third-order valence-corrected chi connectivity index (χ3v) is 1.64. The third-order valence-electron chi connectivity index (χ3n) is 0.769. The van der Waals surface area contributed by atoms with Gasteiger partial charge in [0.25, 0.3) is 5.24 Å². The Morgan fingerprint density at radius 1 is 1.71 bits per heavy atom. The first kappa shape index (κ1) is 4.97. The fourth-order valence-electron chi connectivity index (χ4n) is 0.440. The summed E-state index contributed by atoms with van der Waals surface area (Å²) in [6.07, 6.45) is 1.07. The van der Waals surface area contributed by atoms with Crippen LogP contribution in [-0.2, 0) is 0 Å². The van der Waals surface area contributed by atoms with Crippen molar-refractivity contribution in [1.82, 2.24) is 5.32 Å². The topological polar surface area (TPSA) is 31.2 Å². The average Bonchev–Trinajstić information content (AvgIpc) is 1.69. The van der Waals surface area contributed by atoms with E-state index in [4.69, 9.17) is 0 Å². The highest BCUT2D eigenvalue weighted by Crippen LogP contribution is 2.08. The molecule has 0 aromatic rings. The van der Waals surface area contributed by atoms with E-state index >= 15 is 0 Å². The van der Waals surface area contributed by atoms with Gasteiger partial charge in [-0.05, 0) is 6.42 Å². The molecule has 1 heterocycles. The predicted molar refractivity (Wildman–Crippen MR) is 29.5 cm³/mol. The maximum Gasteiger partial charge on any atom is 0.300 e. The Bertz CT molecular complexity index is 75.8. The summed E-state index contributed by atoms with van der Waals surface area (Å²) in [6.45, 7) is 0.742. The van der Waals surface area contributed by atoms with Gasteiger partial charge >= 0.3 is 0 Å². The maximum atomic E-state index is 10.3. The zero-order chi connectivity index (χ0) is 5.11. The molecule has 0 spiro atoms. The molecule has 39 valence electrons. The predicted octanol–water partition coefficient (Wildman–Crippen LogP) is 0.848. The van der Waals surface area contributed by atoms with Crippen LogP contribution in [0.2, 0.25) is 0 Å². The van der Waals surface area contributed by atoms with Crippen LogP contribution in [0, 0.1) is 0 Å². The third kappa shape index (κ3) is 1.39. The van der Waals surface area contributed by atoms with E-state index in [1.165, 1.54) is 11.8 Å². The molecule has 0 aromatic heterocycles. The number of carbonyl (C=O) groups is 1. The Hall–Kier alpha value is -0.180. The van der Waals surface area contributed by atoms with Crippen LogP contribution < -0.4 is 5.32 Å². The lowest BCUT2D eigenvalue weighted by molar-refractivity contribution is 0.259. The van der Waals surface area contributed by atoms with E-state index in [0.717, 1.165) is 18.7 Å². The van der Waals surface area contributed by atoms with Crippen LogP contribution in [0.1, 0.15) is 6.42 Å². The summed E-state index contributed by atoms with van der Waals surface area (Å²) < 4.78 is 0. The molecule has 0 N–H and O–H groups in total. The largest absolute Gasteiger partial charge is 0.300 e. The minimum atomic E-state index is 0.00579. The first-order valence-electron chi connectivity index (χ1n) is 2.24. The van der Waals surface area contributed by atoms with E-state index in [9.17, 15) is 4.79 Å². The van der Waals surface area contributed by atoms with Crippen LogP contribution in [0.3, 0.4) is 0 Å². The van der Waals surface area contributed by atoms with Gasteiger partial charge in [0.2, 0.25) is 0 Å². The van der Waals surface area contributed by atoms with E-state index in [-0.39, 0.29) is 5.24 Å². The number of hydrogen-bond donors (Lipinski definition) is 0. The molecule has 1 aliphatic rings. The molecule has 2 nitrogen and oxygen atoms in total. The monoisotopic (exact) mass is 116 g/mol. The SMILES string of the molecule is O=C1[N]CCCS1. The second-order valence-corrected chi connectivity index (χ2v) is 2.40. The number of thioether (sulfide) groups is 1. The standard InChI is InChI=1S/C4H6NOS/c6-4-5-2-1-3-7-4/h1-3H2. The average molecular weight is 116 g/mol. The Labute approximate surface area is 46.7 Å². The Morgan fingerprint density at radius 2 is 2.57 bits per heavy atom. The fraction of sp³-hybridized carbons (Fsp3) is 0.750. The van der Waals surface area contributed by atoms with Crippen LogP contribution in [0.4, 0.5) is 4.79 Å². The van der Waals surface area contributed by atoms with Crippen molar-refractivity contribution in [3.8, 4) is 0 Å². The summed E-state index contributed by atoms with van der Waals surface area (Å²) >= 11 is 1.31. The van der Waals surface area contributed by atoms with Gasteiger partial charge in [-0.2, -0.15) is 0 Å². The normalized spacial score (nSPS) is 21.4. The quantitative estimate of drug-likeness (QED) is 0.469. The molecular formula is C4H6NOS. The summed E-state index contributed by atoms with van der Waals surface area (Å²) in [6, 6.07) is 0. The second kappa shape index (κ2) is 2.21. The Balaban J connectivity index is 2.25. The van der Waals surface area contributed by atoms with Crippen LogP contribution in [0.5, 0.6) is 0 Å². The van der Waals surface area contributed by atoms with Crippen molar-refractivity contribution < 1.29 is 4.79 Å². The van der Waals surface area contributed by atoms with E-state index in [1.807, 2.05) is 0 Å². The highest BCUT2D eigenvalue weighted by Gasteiger charge is 2.07. The molecule has 0 saturated carbocycles. The van der Waals surface area contributed by atoms with Gasteiger partial charge < -0.3 is 0 Å². The van der Waals surface area contributed by atoms with Gasteiger partial charge in [0, 0.05) is 12.3 Å². The molecular weight excluding hydrogens is 110 g/mol. The van der Waals surface area contributed by atoms with Crippen molar-refractivity contribution >= 4 is 17.0 Å². The lowest BCUT2D eigenvalue weighted by Crippen LogP contribution is -2.17. The molecule has 0 unspecified atom stereocenters. The lowest BCUT2D eigenvalue weighted by Gasteiger charge is -2.05. The summed E-state index contributed by atoms with van der Waals surface area (Å²) in [5.74, 6) is 0.961. The van der Waals surface area contributed by atoms with Gasteiger partial charge in [0.15, 0.2) is 0 Å². The van der Waals surface area contributed by atoms with Gasteiger partial charge in [0.05, 0.1) is 0 Å². The summed E-state index contributed by atoms with van der Waals surface area (Å²) in [5, 5.41) is 3.66. The molecule has 1 amide bonds. The summed E-state index contributed by atoms with van der Waals surface area (Å²) in [7, 11) is 0. The maximum absolute atomic E-state index is 10.3. The highest BCUT2D eigenvalue weighted by atomic mass is 32.2. The molecule has 0 bridgehead atoms. The smallest absolute Gasteiger partial charge is 0.260 e. The van der Waals surface area contributed by atoms with Crippen molar-refractivity contribution in [3.63, 3.8) is 0 Å². The van der Waals surface area contributed by atoms with Crippen LogP contribution >= 0.6 is 11.8 Å². The molecule has 0 aromatic carbocycles. The van der Waals surface area contributed by atoms with E-state index in [2.05, 4.69) is 5.32 Å². The zero-order valence-corrected chi connectivity index (χ0v) is 4.70. The minimum absolute atomic E-state index is 0.00579. The highest BCUT2D eigenvalue weighted by molar-refractivity contribution is 8.13. The number of nitrogens with zero attached hydrogens (tertiary/aromatic N) is 1. The van der Waals surface area contributed by atoms with Gasteiger partial charge in [-0.1, -0.05) is 11.8 Å². The van der Waals surface area contributed by atoms with Gasteiger partial charge in [0.1, 0.15) is 0 Å². The number of hydrogen-bond acceptors (Lipinski definition) is 2. The van der Waals surface area contributed by atoms with Crippen molar-refractivity contribution in [1.29, 1.82) is 0 Å². The first-order chi connectivity index (χ1) is 3.39. The van der Waals surface area contributed by atoms with Crippen LogP contribution in [0.25, 0.3) is 0 Å². The molecule has 1 fully saturated rings. The first-order valence-corrected chi connectivity index (χ1v) is 3.22. The molecule has 3 heteroatoms. The summed E-state index contributed by atoms with van der Waals surface area (Å²) in [4.78, 5) is 10.3. The fourth-order valence-corrected chi connectivity index (χ4v) is 1.07. The van der Waals surface area contributed by atoms with E-state index in [1.54, 1.807) is 0 Å². The van der Waals surface area contributed by atoms with Crippen molar-refractivity contribution in [2.75, 3.05) is 12.3 Å². The van der Waals surface area contributed by atoms with Gasteiger partial charge in [-0.15, -0.1) is 0 Å². The van der Waals surface area contributed by atoms with Crippen LogP contribution in [0.15, 0.2) is 0 Å². The van der Waals surface area contributed by atoms with Crippen molar-refractivity contribution in [2.45, 2.75) is 6.42 Å². The van der Waals surface area contributed by atoms with Crippen LogP contribution in [-0.4, -0.2) is 17.5 Å². The molecule has 1 rings (SSSR count). The van der Waals surface area contributed by atoms with E-state index < -0.39 is 0 Å². The zero-order valence-electron chi connectivity index (χ0n) is 3.89. The molecule has 1 saturated heterocycles. The second-order valence-electron chi connectivity index (χ2n) is 1.35. The number of rotatable bonds is 0. The molecule has 0 atom stereocenters. The van der Waals surface area contributed by atoms with Gasteiger partial charge in [-0.25, -0.2) is 5.32 Å². The van der Waals surface area contributed by atoms with Crippen molar-refractivity contribution in [2.24, 2.45) is 0 Å². The molecule has 7 heavy (non-hydrogen) atoms. The lowest BCUT2D eigenvalue weighted by atomic mass is 10.5. The molecule has 1 radical (unpaired) electrons. The Kier molecular flexibility index (Phi) is 1.57. The van der Waals surface area contributed by atoms with Gasteiger partial charge in [-0.3, -0.25) is 4.79 Å². The Morgan fingerprint density at radius 3 is 2.86 bits per heavy atom. The van der Waals surface area contributed by atoms with Crippen molar-refractivity contribution in [3.05, 3.63) is 0 Å². The number of amides is 1. The van der Waals surface area contributed by atoms with E-state index in [0.29, 0.717) is 0 Å².